The van der Waals surface area contributed by atoms with Gasteiger partial charge in [-0.3, -0.25) is 9.69 Å². The summed E-state index contributed by atoms with van der Waals surface area (Å²) in [4.78, 5) is 24.9. The molecule has 3 aliphatic heterocycles. The Hall–Kier alpha value is -3.74. The van der Waals surface area contributed by atoms with Crippen LogP contribution in [-0.4, -0.2) is 69.3 Å². The van der Waals surface area contributed by atoms with Gasteiger partial charge in [-0.05, 0) is 37.0 Å². The number of carbonyl (C=O) groups excluding carboxylic acids is 1. The van der Waals surface area contributed by atoms with E-state index >= 15 is 0 Å². The molecule has 2 fully saturated rings. The van der Waals surface area contributed by atoms with Gasteiger partial charge in [0.1, 0.15) is 23.5 Å². The van der Waals surface area contributed by atoms with E-state index in [2.05, 4.69) is 33.3 Å². The number of rotatable bonds is 3. The number of halogens is 1. The van der Waals surface area contributed by atoms with Crippen LogP contribution in [0.15, 0.2) is 31.1 Å². The standard InChI is InChI=1S/C27H27ClN6O3/c1-3-21(35)33-10-8-17(9-11-33)34-12-16(13-34)4-6-19-23(24-26(29)30-14-31-27(24)32(19)2)22-18(28)5-7-20-25(22)37-15-36-20/h3,5,7,14,16-17H,1,8-13,15H2,2H3,(H2,29,30,31). The van der Waals surface area contributed by atoms with Crippen LogP contribution in [0.5, 0.6) is 11.5 Å². The first kappa shape index (κ1) is 23.6. The van der Waals surface area contributed by atoms with Crippen molar-refractivity contribution in [3.05, 3.63) is 41.8 Å². The Morgan fingerprint density at radius 3 is 2.76 bits per heavy atom. The molecule has 0 aliphatic carbocycles. The summed E-state index contributed by atoms with van der Waals surface area (Å²) in [6.45, 7) is 7.09. The number of hydrogen-bond acceptors (Lipinski definition) is 7. The zero-order valence-corrected chi connectivity index (χ0v) is 21.3. The number of piperidine rings is 1. The molecule has 190 valence electrons. The van der Waals surface area contributed by atoms with Crippen LogP contribution in [0.3, 0.4) is 0 Å². The van der Waals surface area contributed by atoms with E-state index in [1.807, 2.05) is 16.5 Å². The molecule has 6 rings (SSSR count). The number of ether oxygens (including phenoxy) is 2. The summed E-state index contributed by atoms with van der Waals surface area (Å²) in [5.74, 6) is 8.70. The summed E-state index contributed by atoms with van der Waals surface area (Å²) in [6, 6.07) is 4.07. The summed E-state index contributed by atoms with van der Waals surface area (Å²) in [5.41, 5.74) is 9.21. The van der Waals surface area contributed by atoms with Crippen LogP contribution in [0.2, 0.25) is 5.02 Å². The number of likely N-dealkylation sites (tertiary alicyclic amines) is 2. The van der Waals surface area contributed by atoms with Crippen LogP contribution in [0.25, 0.3) is 22.2 Å². The number of nitrogens with two attached hydrogens (primary N) is 1. The Balaban J connectivity index is 1.29. The first-order valence-electron chi connectivity index (χ1n) is 12.3. The van der Waals surface area contributed by atoms with Crippen LogP contribution in [0.1, 0.15) is 18.5 Å². The molecule has 3 aliphatic rings. The molecule has 5 heterocycles. The second-order valence-electron chi connectivity index (χ2n) is 9.58. The molecular formula is C27H27ClN6O3. The fraction of sp³-hybridized carbons (Fsp3) is 0.370. The highest BCUT2D eigenvalue weighted by atomic mass is 35.5. The lowest BCUT2D eigenvalue weighted by molar-refractivity contribution is -0.127. The second-order valence-corrected chi connectivity index (χ2v) is 9.98. The van der Waals surface area contributed by atoms with Crippen LogP contribution in [0.4, 0.5) is 5.82 Å². The minimum Gasteiger partial charge on any atom is -0.454 e. The summed E-state index contributed by atoms with van der Waals surface area (Å²) in [6.07, 6.45) is 4.80. The third-order valence-electron chi connectivity index (χ3n) is 7.51. The van der Waals surface area contributed by atoms with Crippen LogP contribution >= 0.6 is 11.6 Å². The first-order valence-corrected chi connectivity index (χ1v) is 12.7. The van der Waals surface area contributed by atoms with Crippen molar-refractivity contribution in [1.29, 1.82) is 0 Å². The molecule has 0 saturated carbocycles. The zero-order valence-electron chi connectivity index (χ0n) is 20.5. The molecule has 0 radical (unpaired) electrons. The number of aromatic nitrogens is 3. The van der Waals surface area contributed by atoms with Gasteiger partial charge in [0.25, 0.3) is 0 Å². The number of aryl methyl sites for hydroxylation is 1. The Morgan fingerprint density at radius 1 is 1.22 bits per heavy atom. The van der Waals surface area contributed by atoms with E-state index in [0.29, 0.717) is 45.0 Å². The molecule has 1 amide bonds. The van der Waals surface area contributed by atoms with E-state index < -0.39 is 0 Å². The smallest absolute Gasteiger partial charge is 0.245 e. The number of hydrogen-bond donors (Lipinski definition) is 1. The lowest BCUT2D eigenvalue weighted by Crippen LogP contribution is -2.55. The van der Waals surface area contributed by atoms with Crippen molar-refractivity contribution in [3.63, 3.8) is 0 Å². The van der Waals surface area contributed by atoms with Crippen LogP contribution < -0.4 is 15.2 Å². The number of fused-ring (bicyclic) bond motifs is 2. The van der Waals surface area contributed by atoms with Crippen molar-refractivity contribution in [2.45, 2.75) is 18.9 Å². The van der Waals surface area contributed by atoms with E-state index in [-0.39, 0.29) is 18.6 Å². The Bertz CT molecular complexity index is 1470. The molecular weight excluding hydrogens is 492 g/mol. The van der Waals surface area contributed by atoms with Gasteiger partial charge in [-0.1, -0.05) is 24.1 Å². The van der Waals surface area contributed by atoms with Crippen LogP contribution in [-0.2, 0) is 11.8 Å². The van der Waals surface area contributed by atoms with Crippen molar-refractivity contribution < 1.29 is 14.3 Å². The third-order valence-corrected chi connectivity index (χ3v) is 7.82. The molecule has 37 heavy (non-hydrogen) atoms. The number of amides is 1. The molecule has 0 atom stereocenters. The van der Waals surface area contributed by atoms with Crippen molar-refractivity contribution in [2.75, 3.05) is 38.7 Å². The molecule has 10 heteroatoms. The van der Waals surface area contributed by atoms with Gasteiger partial charge in [0.05, 0.1) is 16.0 Å². The van der Waals surface area contributed by atoms with Gasteiger partial charge in [0.15, 0.2) is 11.5 Å². The predicted molar refractivity (Wildman–Crippen MR) is 141 cm³/mol. The van der Waals surface area contributed by atoms with Gasteiger partial charge < -0.3 is 24.7 Å². The highest BCUT2D eigenvalue weighted by Crippen LogP contribution is 2.49. The monoisotopic (exact) mass is 518 g/mol. The van der Waals surface area contributed by atoms with Crippen LogP contribution in [0, 0.1) is 17.8 Å². The van der Waals surface area contributed by atoms with Gasteiger partial charge in [-0.25, -0.2) is 9.97 Å². The quantitative estimate of drug-likeness (QED) is 0.420. The third kappa shape index (κ3) is 3.97. The minimum atomic E-state index is 0.0167. The minimum absolute atomic E-state index is 0.0167. The zero-order chi connectivity index (χ0) is 25.7. The number of nitrogen functional groups attached to an aromatic ring is 1. The first-order chi connectivity index (χ1) is 18.0. The summed E-state index contributed by atoms with van der Waals surface area (Å²) >= 11 is 6.71. The summed E-state index contributed by atoms with van der Waals surface area (Å²) in [7, 11) is 1.92. The van der Waals surface area contributed by atoms with E-state index in [9.17, 15) is 4.79 Å². The number of anilines is 1. The average molecular weight is 519 g/mol. The maximum Gasteiger partial charge on any atom is 0.245 e. The molecule has 2 aromatic heterocycles. The second kappa shape index (κ2) is 9.29. The van der Waals surface area contributed by atoms with Crippen molar-refractivity contribution in [3.8, 4) is 34.5 Å². The lowest BCUT2D eigenvalue weighted by atomic mass is 9.93. The average Bonchev–Trinajstić information content (AvgIpc) is 3.47. The predicted octanol–water partition coefficient (Wildman–Crippen LogP) is 3.06. The molecule has 0 bridgehead atoms. The SMILES string of the molecule is C=CC(=O)N1CCC(N2CC(C#Cc3c(-c4c(Cl)ccc5c4OCO5)c4c(N)ncnc4n3C)C2)CC1. The summed E-state index contributed by atoms with van der Waals surface area (Å²) < 4.78 is 13.3. The van der Waals surface area contributed by atoms with Crippen molar-refractivity contribution >= 4 is 34.4 Å². The largest absolute Gasteiger partial charge is 0.454 e. The molecule has 0 unspecified atom stereocenters. The van der Waals surface area contributed by atoms with E-state index in [1.165, 1.54) is 12.4 Å². The number of benzene rings is 1. The Labute approximate surface area is 219 Å². The normalized spacial score (nSPS) is 17.9. The fourth-order valence-corrected chi connectivity index (χ4v) is 5.74. The Morgan fingerprint density at radius 2 is 2.00 bits per heavy atom. The van der Waals surface area contributed by atoms with Crippen molar-refractivity contribution in [2.24, 2.45) is 13.0 Å². The lowest BCUT2D eigenvalue weighted by Gasteiger charge is -2.45. The number of carbonyl (C=O) groups is 1. The fourth-order valence-electron chi connectivity index (χ4n) is 5.50. The van der Waals surface area contributed by atoms with Gasteiger partial charge in [0.2, 0.25) is 12.7 Å². The maximum atomic E-state index is 11.9. The van der Waals surface area contributed by atoms with Gasteiger partial charge >= 0.3 is 0 Å². The van der Waals surface area contributed by atoms with E-state index in [0.717, 1.165) is 50.3 Å². The number of nitrogens with zero attached hydrogens (tertiary/aromatic N) is 5. The van der Waals surface area contributed by atoms with E-state index in [4.69, 9.17) is 26.8 Å². The Kier molecular flexibility index (Phi) is 5.94. The summed E-state index contributed by atoms with van der Waals surface area (Å²) in [5, 5.41) is 1.20. The molecule has 1 aromatic carbocycles. The van der Waals surface area contributed by atoms with E-state index in [1.54, 1.807) is 12.1 Å². The highest BCUT2D eigenvalue weighted by molar-refractivity contribution is 6.34. The van der Waals surface area contributed by atoms with Crippen molar-refractivity contribution in [1.82, 2.24) is 24.3 Å². The topological polar surface area (TPSA) is 98.7 Å². The molecule has 3 aromatic rings. The van der Waals surface area contributed by atoms with Gasteiger partial charge in [-0.2, -0.15) is 0 Å². The molecule has 9 nitrogen and oxygen atoms in total. The maximum absolute atomic E-state index is 11.9. The van der Waals surface area contributed by atoms with Gasteiger partial charge in [0, 0.05) is 50.7 Å². The highest BCUT2D eigenvalue weighted by Gasteiger charge is 2.34. The molecule has 0 spiro atoms. The molecule has 2 N–H and O–H groups in total. The molecule has 2 saturated heterocycles. The van der Waals surface area contributed by atoms with Gasteiger partial charge in [-0.15, -0.1) is 0 Å².